The summed E-state index contributed by atoms with van der Waals surface area (Å²) in [4.78, 5) is 14.4. The molecular weight excluding hydrogens is 248 g/mol. The van der Waals surface area contributed by atoms with Crippen LogP contribution in [-0.4, -0.2) is 16.1 Å². The number of ether oxygens (including phenoxy) is 1. The molecule has 3 aromatic heterocycles. The van der Waals surface area contributed by atoms with Crippen LogP contribution in [0.3, 0.4) is 0 Å². The highest BCUT2D eigenvalue weighted by Crippen LogP contribution is 2.20. The van der Waals surface area contributed by atoms with E-state index in [9.17, 15) is 4.79 Å². The van der Waals surface area contributed by atoms with Crippen LogP contribution in [0.4, 0.5) is 0 Å². The van der Waals surface area contributed by atoms with E-state index in [1.165, 1.54) is 0 Å². The van der Waals surface area contributed by atoms with Crippen molar-refractivity contribution in [3.8, 4) is 11.5 Å². The van der Waals surface area contributed by atoms with Gasteiger partial charge in [0.25, 0.3) is 0 Å². The molecule has 6 nitrogen and oxygen atoms in total. The van der Waals surface area contributed by atoms with Crippen molar-refractivity contribution in [2.24, 2.45) is 0 Å². The van der Waals surface area contributed by atoms with Gasteiger partial charge in [-0.25, -0.2) is 4.79 Å². The molecule has 19 heavy (non-hydrogen) atoms. The number of furan rings is 1. The maximum Gasteiger partial charge on any atom is 0.355 e. The summed E-state index contributed by atoms with van der Waals surface area (Å²) in [7, 11) is 0. The molecule has 6 heteroatoms. The van der Waals surface area contributed by atoms with Crippen LogP contribution in [0.1, 0.15) is 16.2 Å². The first kappa shape index (κ1) is 11.3. The van der Waals surface area contributed by atoms with Gasteiger partial charge in [0.05, 0.1) is 6.26 Å². The molecule has 0 aliphatic carbocycles. The lowest BCUT2D eigenvalue weighted by molar-refractivity contribution is 0.0458. The summed E-state index contributed by atoms with van der Waals surface area (Å²) in [6, 6.07) is 8.54. The van der Waals surface area contributed by atoms with Crippen molar-refractivity contribution in [1.82, 2.24) is 10.1 Å². The first-order valence-corrected chi connectivity index (χ1v) is 5.63. The highest BCUT2D eigenvalue weighted by Gasteiger charge is 2.12. The Hall–Kier alpha value is -2.76. The van der Waals surface area contributed by atoms with Gasteiger partial charge >= 0.3 is 5.97 Å². The summed E-state index contributed by atoms with van der Waals surface area (Å²) < 4.78 is 15.3. The molecule has 1 N–H and O–H groups in total. The third kappa shape index (κ3) is 2.42. The minimum Gasteiger partial charge on any atom is -0.461 e. The normalized spacial score (nSPS) is 10.5. The number of rotatable bonds is 4. The van der Waals surface area contributed by atoms with Crippen molar-refractivity contribution in [2.75, 3.05) is 0 Å². The molecule has 0 bridgehead atoms. The molecule has 0 aromatic carbocycles. The number of hydrogen-bond donors (Lipinski definition) is 1. The summed E-state index contributed by atoms with van der Waals surface area (Å²) in [6.07, 6.45) is 3.20. The van der Waals surface area contributed by atoms with Crippen LogP contribution in [0.15, 0.2) is 51.7 Å². The number of aromatic nitrogens is 2. The van der Waals surface area contributed by atoms with Crippen molar-refractivity contribution in [3.05, 3.63) is 54.2 Å². The molecule has 0 radical (unpaired) electrons. The maximum absolute atomic E-state index is 11.6. The second kappa shape index (κ2) is 4.85. The fourth-order valence-corrected chi connectivity index (χ4v) is 1.59. The van der Waals surface area contributed by atoms with E-state index in [0.717, 1.165) is 0 Å². The third-order valence-corrected chi connectivity index (χ3v) is 2.49. The Bertz CT molecular complexity index is 653. The molecule has 96 valence electrons. The molecule has 0 spiro atoms. The van der Waals surface area contributed by atoms with Gasteiger partial charge in [0.2, 0.25) is 5.76 Å². The Morgan fingerprint density at radius 3 is 3.00 bits per heavy atom. The Balaban J connectivity index is 1.63. The number of carbonyl (C=O) groups is 1. The Morgan fingerprint density at radius 1 is 1.32 bits per heavy atom. The van der Waals surface area contributed by atoms with Gasteiger partial charge in [-0.15, -0.1) is 0 Å². The molecule has 0 saturated heterocycles. The summed E-state index contributed by atoms with van der Waals surface area (Å²) >= 11 is 0. The monoisotopic (exact) mass is 258 g/mol. The van der Waals surface area contributed by atoms with Gasteiger partial charge in [0.1, 0.15) is 18.0 Å². The fourth-order valence-electron chi connectivity index (χ4n) is 1.59. The highest BCUT2D eigenvalue weighted by atomic mass is 16.5. The van der Waals surface area contributed by atoms with E-state index < -0.39 is 5.97 Å². The predicted octanol–water partition coefficient (Wildman–Crippen LogP) is 2.62. The minimum absolute atomic E-state index is 0.0437. The number of carbonyl (C=O) groups excluding carboxylic acids is 1. The van der Waals surface area contributed by atoms with Gasteiger partial charge in [0, 0.05) is 12.3 Å². The van der Waals surface area contributed by atoms with Crippen molar-refractivity contribution in [2.45, 2.75) is 6.61 Å². The van der Waals surface area contributed by atoms with E-state index in [2.05, 4.69) is 10.1 Å². The minimum atomic E-state index is -0.437. The van der Waals surface area contributed by atoms with Gasteiger partial charge in [0.15, 0.2) is 5.76 Å². The molecule has 0 atom stereocenters. The van der Waals surface area contributed by atoms with Crippen LogP contribution < -0.4 is 0 Å². The number of H-pyrrole nitrogens is 1. The van der Waals surface area contributed by atoms with Crippen LogP contribution >= 0.6 is 0 Å². The Labute approximate surface area is 108 Å². The third-order valence-electron chi connectivity index (χ3n) is 2.49. The van der Waals surface area contributed by atoms with E-state index in [1.54, 1.807) is 42.8 Å². The summed E-state index contributed by atoms with van der Waals surface area (Å²) in [5.41, 5.74) is 0.918. The zero-order chi connectivity index (χ0) is 13.1. The van der Waals surface area contributed by atoms with Crippen LogP contribution in [-0.2, 0) is 11.3 Å². The van der Waals surface area contributed by atoms with Crippen LogP contribution in [0, 0.1) is 0 Å². The standard InChI is InChI=1S/C13H10N2O4/c16-13(10-3-1-5-14-10)18-8-9-7-12(19-15-9)11-4-2-6-17-11/h1-7,14H,8H2. The lowest BCUT2D eigenvalue weighted by Crippen LogP contribution is -2.05. The van der Waals surface area contributed by atoms with Crippen molar-refractivity contribution in [1.29, 1.82) is 0 Å². The molecule has 3 aromatic rings. The molecule has 0 fully saturated rings. The summed E-state index contributed by atoms with van der Waals surface area (Å²) in [5, 5.41) is 3.80. The lowest BCUT2D eigenvalue weighted by Gasteiger charge is -1.99. The first-order valence-electron chi connectivity index (χ1n) is 5.63. The Kier molecular flexibility index (Phi) is 2.89. The molecule has 0 amide bonds. The second-order valence-corrected chi connectivity index (χ2v) is 3.82. The smallest absolute Gasteiger partial charge is 0.355 e. The van der Waals surface area contributed by atoms with Crippen LogP contribution in [0.25, 0.3) is 11.5 Å². The van der Waals surface area contributed by atoms with E-state index in [0.29, 0.717) is 22.9 Å². The zero-order valence-corrected chi connectivity index (χ0v) is 9.83. The van der Waals surface area contributed by atoms with Gasteiger partial charge in [-0.1, -0.05) is 5.16 Å². The number of hydrogen-bond acceptors (Lipinski definition) is 5. The molecule has 0 unspecified atom stereocenters. The maximum atomic E-state index is 11.6. The van der Waals surface area contributed by atoms with Crippen LogP contribution in [0.2, 0.25) is 0 Å². The zero-order valence-electron chi connectivity index (χ0n) is 9.83. The van der Waals surface area contributed by atoms with Gasteiger partial charge < -0.3 is 18.7 Å². The number of nitrogens with one attached hydrogen (secondary N) is 1. The van der Waals surface area contributed by atoms with Crippen molar-refractivity contribution in [3.63, 3.8) is 0 Å². The van der Waals surface area contributed by atoms with Gasteiger partial charge in [-0.3, -0.25) is 0 Å². The largest absolute Gasteiger partial charge is 0.461 e. The highest BCUT2D eigenvalue weighted by molar-refractivity contribution is 5.87. The van der Waals surface area contributed by atoms with Gasteiger partial charge in [-0.2, -0.15) is 0 Å². The number of nitrogens with zero attached hydrogens (tertiary/aromatic N) is 1. The lowest BCUT2D eigenvalue weighted by atomic mass is 10.3. The average Bonchev–Trinajstić information content (AvgIpc) is 3.14. The second-order valence-electron chi connectivity index (χ2n) is 3.82. The molecule has 0 aliphatic heterocycles. The van der Waals surface area contributed by atoms with Crippen molar-refractivity contribution >= 4 is 5.97 Å². The average molecular weight is 258 g/mol. The number of esters is 1. The molecule has 3 rings (SSSR count). The summed E-state index contributed by atoms with van der Waals surface area (Å²) in [6.45, 7) is 0.0437. The molecule has 3 heterocycles. The molecule has 0 saturated carbocycles. The Morgan fingerprint density at radius 2 is 2.26 bits per heavy atom. The van der Waals surface area contributed by atoms with E-state index >= 15 is 0 Å². The van der Waals surface area contributed by atoms with E-state index in [-0.39, 0.29) is 6.61 Å². The van der Waals surface area contributed by atoms with E-state index in [4.69, 9.17) is 13.7 Å². The quantitative estimate of drug-likeness (QED) is 0.727. The molecular formula is C13H10N2O4. The predicted molar refractivity (Wildman–Crippen MR) is 64.1 cm³/mol. The van der Waals surface area contributed by atoms with Crippen molar-refractivity contribution < 1.29 is 18.5 Å². The van der Waals surface area contributed by atoms with Crippen LogP contribution in [0.5, 0.6) is 0 Å². The SMILES string of the molecule is O=C(OCc1cc(-c2ccco2)on1)c1ccc[nH]1. The molecule has 0 aliphatic rings. The van der Waals surface area contributed by atoms with Gasteiger partial charge in [-0.05, 0) is 24.3 Å². The fraction of sp³-hybridized carbons (Fsp3) is 0.0769. The first-order chi connectivity index (χ1) is 9.33. The summed E-state index contributed by atoms with van der Waals surface area (Å²) in [5.74, 6) is 0.637. The number of aromatic amines is 1. The van der Waals surface area contributed by atoms with E-state index in [1.807, 2.05) is 0 Å². The topological polar surface area (TPSA) is 81.3 Å².